The lowest BCUT2D eigenvalue weighted by atomic mass is 9.86. The predicted octanol–water partition coefficient (Wildman–Crippen LogP) is 4.49. The lowest BCUT2D eigenvalue weighted by molar-refractivity contribution is 0.591. The van der Waals surface area contributed by atoms with Gasteiger partial charge in [-0.2, -0.15) is 0 Å². The third kappa shape index (κ3) is 3.32. The van der Waals surface area contributed by atoms with E-state index in [1.54, 1.807) is 0 Å². The zero-order chi connectivity index (χ0) is 17.2. The number of nitrogens with zero attached hydrogens (tertiary/aromatic N) is 3. The number of rotatable bonds is 4. The van der Waals surface area contributed by atoms with Gasteiger partial charge in [0.25, 0.3) is 0 Å². The zero-order valence-electron chi connectivity index (χ0n) is 14.7. The van der Waals surface area contributed by atoms with Crippen LogP contribution in [-0.4, -0.2) is 14.8 Å². The molecule has 0 aliphatic rings. The number of para-hydroxylation sites is 2. The van der Waals surface area contributed by atoms with Gasteiger partial charge in [0.05, 0.1) is 6.54 Å². The standard InChI is InChI=1S/C20H24N4/c1-15-22-23-19(24(15)16-10-6-5-7-11-16)14-21-18-13-9-8-12-17(18)20(2,3)4/h5-13,21H,14H2,1-4H3. The third-order valence-corrected chi connectivity index (χ3v) is 4.08. The maximum atomic E-state index is 4.35. The molecule has 0 radical (unpaired) electrons. The topological polar surface area (TPSA) is 42.7 Å². The number of aryl methyl sites for hydroxylation is 1. The summed E-state index contributed by atoms with van der Waals surface area (Å²) in [4.78, 5) is 0. The van der Waals surface area contributed by atoms with Gasteiger partial charge in [-0.25, -0.2) is 0 Å². The highest BCUT2D eigenvalue weighted by Gasteiger charge is 2.18. The maximum absolute atomic E-state index is 4.35. The molecular weight excluding hydrogens is 296 g/mol. The molecule has 0 atom stereocenters. The molecule has 2 aromatic carbocycles. The molecule has 0 saturated carbocycles. The number of hydrogen-bond acceptors (Lipinski definition) is 3. The summed E-state index contributed by atoms with van der Waals surface area (Å²) in [5.74, 6) is 1.80. The van der Waals surface area contributed by atoms with Crippen molar-refractivity contribution in [3.8, 4) is 5.69 Å². The van der Waals surface area contributed by atoms with Crippen LogP contribution in [0.2, 0.25) is 0 Å². The normalized spacial score (nSPS) is 11.5. The van der Waals surface area contributed by atoms with Crippen molar-refractivity contribution in [2.24, 2.45) is 0 Å². The first-order chi connectivity index (χ1) is 11.5. The van der Waals surface area contributed by atoms with Crippen LogP contribution < -0.4 is 5.32 Å². The summed E-state index contributed by atoms with van der Waals surface area (Å²) in [6, 6.07) is 18.7. The second-order valence-electron chi connectivity index (χ2n) is 6.98. The van der Waals surface area contributed by atoms with Crippen molar-refractivity contribution in [2.75, 3.05) is 5.32 Å². The first-order valence-corrected chi connectivity index (χ1v) is 8.26. The summed E-state index contributed by atoms with van der Waals surface area (Å²) in [5, 5.41) is 12.1. The van der Waals surface area contributed by atoms with E-state index in [1.165, 1.54) is 5.56 Å². The Bertz CT molecular complexity index is 813. The molecule has 124 valence electrons. The smallest absolute Gasteiger partial charge is 0.156 e. The van der Waals surface area contributed by atoms with E-state index in [-0.39, 0.29) is 5.41 Å². The van der Waals surface area contributed by atoms with Crippen LogP contribution in [-0.2, 0) is 12.0 Å². The highest BCUT2D eigenvalue weighted by atomic mass is 15.3. The number of benzene rings is 2. The van der Waals surface area contributed by atoms with E-state index in [4.69, 9.17) is 0 Å². The summed E-state index contributed by atoms with van der Waals surface area (Å²) in [5.41, 5.74) is 3.62. The lowest BCUT2D eigenvalue weighted by Crippen LogP contribution is -2.16. The van der Waals surface area contributed by atoms with Crippen molar-refractivity contribution in [1.29, 1.82) is 0 Å². The van der Waals surface area contributed by atoms with Gasteiger partial charge in [0, 0.05) is 11.4 Å². The molecule has 0 saturated heterocycles. The van der Waals surface area contributed by atoms with E-state index >= 15 is 0 Å². The fourth-order valence-electron chi connectivity index (χ4n) is 2.90. The second-order valence-corrected chi connectivity index (χ2v) is 6.98. The van der Waals surface area contributed by atoms with E-state index in [2.05, 4.69) is 77.3 Å². The van der Waals surface area contributed by atoms with Gasteiger partial charge in [0.1, 0.15) is 5.82 Å². The monoisotopic (exact) mass is 320 g/mol. The molecule has 0 amide bonds. The maximum Gasteiger partial charge on any atom is 0.156 e. The van der Waals surface area contributed by atoms with Crippen LogP contribution in [0.3, 0.4) is 0 Å². The number of anilines is 1. The van der Waals surface area contributed by atoms with E-state index in [9.17, 15) is 0 Å². The Hall–Kier alpha value is -2.62. The molecule has 0 unspecified atom stereocenters. The van der Waals surface area contributed by atoms with Gasteiger partial charge in [-0.1, -0.05) is 57.2 Å². The molecule has 1 N–H and O–H groups in total. The predicted molar refractivity (Wildman–Crippen MR) is 98.6 cm³/mol. The fraction of sp³-hybridized carbons (Fsp3) is 0.300. The molecule has 1 heterocycles. The third-order valence-electron chi connectivity index (χ3n) is 4.08. The Morgan fingerprint density at radius 3 is 2.29 bits per heavy atom. The second kappa shape index (κ2) is 6.48. The summed E-state index contributed by atoms with van der Waals surface area (Å²) in [6.07, 6.45) is 0. The molecule has 3 aromatic rings. The minimum absolute atomic E-state index is 0.0899. The summed E-state index contributed by atoms with van der Waals surface area (Å²) in [7, 11) is 0. The van der Waals surface area contributed by atoms with Gasteiger partial charge in [-0.15, -0.1) is 10.2 Å². The lowest BCUT2D eigenvalue weighted by Gasteiger charge is -2.23. The molecule has 3 rings (SSSR count). The molecule has 0 aliphatic heterocycles. The van der Waals surface area contributed by atoms with E-state index in [0.29, 0.717) is 6.54 Å². The molecule has 0 aliphatic carbocycles. The Morgan fingerprint density at radius 1 is 0.917 bits per heavy atom. The number of hydrogen-bond donors (Lipinski definition) is 1. The minimum Gasteiger partial charge on any atom is -0.377 e. The van der Waals surface area contributed by atoms with Crippen LogP contribution in [0, 0.1) is 6.92 Å². The van der Waals surface area contributed by atoms with Gasteiger partial charge < -0.3 is 5.32 Å². The number of nitrogens with one attached hydrogen (secondary N) is 1. The average molecular weight is 320 g/mol. The molecular formula is C20H24N4. The Balaban J connectivity index is 1.88. The largest absolute Gasteiger partial charge is 0.377 e. The Morgan fingerprint density at radius 2 is 1.58 bits per heavy atom. The zero-order valence-corrected chi connectivity index (χ0v) is 14.7. The van der Waals surface area contributed by atoms with Gasteiger partial charge in [-0.3, -0.25) is 4.57 Å². The molecule has 4 nitrogen and oxygen atoms in total. The highest BCUT2D eigenvalue weighted by molar-refractivity contribution is 5.54. The van der Waals surface area contributed by atoms with Crippen molar-refractivity contribution >= 4 is 5.69 Å². The van der Waals surface area contributed by atoms with Gasteiger partial charge in [0.2, 0.25) is 0 Å². The fourth-order valence-corrected chi connectivity index (χ4v) is 2.90. The summed E-state index contributed by atoms with van der Waals surface area (Å²) >= 11 is 0. The highest BCUT2D eigenvalue weighted by Crippen LogP contribution is 2.29. The van der Waals surface area contributed by atoms with E-state index in [0.717, 1.165) is 23.0 Å². The quantitative estimate of drug-likeness (QED) is 0.770. The average Bonchev–Trinajstić information content (AvgIpc) is 2.94. The SMILES string of the molecule is Cc1nnc(CNc2ccccc2C(C)(C)C)n1-c1ccccc1. The summed E-state index contributed by atoms with van der Waals surface area (Å²) in [6.45, 7) is 9.29. The number of aromatic nitrogens is 3. The first kappa shape index (κ1) is 16.2. The Labute approximate surface area is 143 Å². The van der Waals surface area contributed by atoms with Crippen molar-refractivity contribution < 1.29 is 0 Å². The van der Waals surface area contributed by atoms with Crippen LogP contribution in [0.5, 0.6) is 0 Å². The molecule has 0 fully saturated rings. The first-order valence-electron chi connectivity index (χ1n) is 8.26. The van der Waals surface area contributed by atoms with Crippen molar-refractivity contribution in [3.63, 3.8) is 0 Å². The van der Waals surface area contributed by atoms with E-state index < -0.39 is 0 Å². The molecule has 1 aromatic heterocycles. The van der Waals surface area contributed by atoms with Crippen molar-refractivity contribution in [3.05, 3.63) is 71.8 Å². The minimum atomic E-state index is 0.0899. The van der Waals surface area contributed by atoms with Crippen LogP contribution in [0.4, 0.5) is 5.69 Å². The molecule has 0 bridgehead atoms. The molecule has 0 spiro atoms. The van der Waals surface area contributed by atoms with Crippen molar-refractivity contribution in [1.82, 2.24) is 14.8 Å². The molecule has 4 heteroatoms. The van der Waals surface area contributed by atoms with Crippen LogP contribution in [0.15, 0.2) is 54.6 Å². The van der Waals surface area contributed by atoms with Gasteiger partial charge >= 0.3 is 0 Å². The van der Waals surface area contributed by atoms with E-state index in [1.807, 2.05) is 25.1 Å². The Kier molecular flexibility index (Phi) is 4.38. The molecule has 24 heavy (non-hydrogen) atoms. The van der Waals surface area contributed by atoms with Crippen LogP contribution >= 0.6 is 0 Å². The van der Waals surface area contributed by atoms with Crippen LogP contribution in [0.25, 0.3) is 5.69 Å². The van der Waals surface area contributed by atoms with Crippen LogP contribution in [0.1, 0.15) is 38.0 Å². The van der Waals surface area contributed by atoms with Crippen molar-refractivity contribution in [2.45, 2.75) is 39.7 Å². The van der Waals surface area contributed by atoms with Gasteiger partial charge in [-0.05, 0) is 36.1 Å². The van der Waals surface area contributed by atoms with Gasteiger partial charge in [0.15, 0.2) is 5.82 Å². The summed E-state index contributed by atoms with van der Waals surface area (Å²) < 4.78 is 2.09.